The Hall–Kier alpha value is -0.740. The van der Waals surface area contributed by atoms with Crippen molar-refractivity contribution in [2.75, 3.05) is 13.6 Å². The fourth-order valence-electron chi connectivity index (χ4n) is 6.07. The number of carbonyl (C=O) groups excluding carboxylic acids is 2. The molecule has 4 nitrogen and oxygen atoms in total. The van der Waals surface area contributed by atoms with Crippen LogP contribution in [0.15, 0.2) is 0 Å². The van der Waals surface area contributed by atoms with Crippen LogP contribution in [-0.2, 0) is 9.59 Å². The maximum atomic E-state index is 13.1. The molecule has 0 aromatic carbocycles. The van der Waals surface area contributed by atoms with Gasteiger partial charge in [-0.3, -0.25) is 4.90 Å². The number of hydrogen-bond acceptors (Lipinski definition) is 3. The van der Waals surface area contributed by atoms with Gasteiger partial charge in [0.1, 0.15) is 6.04 Å². The van der Waals surface area contributed by atoms with E-state index in [2.05, 4.69) is 46.6 Å². The first kappa shape index (κ1) is 25.5. The molecule has 0 radical (unpaired) electrons. The van der Waals surface area contributed by atoms with Crippen LogP contribution < -0.4 is 0 Å². The van der Waals surface area contributed by atoms with E-state index in [1.807, 2.05) is 0 Å². The van der Waals surface area contributed by atoms with E-state index in [0.29, 0.717) is 12.8 Å². The summed E-state index contributed by atoms with van der Waals surface area (Å²) in [7, 11) is 2.19. The number of imide groups is 1. The molecule has 0 aromatic heterocycles. The Labute approximate surface area is 186 Å². The molecule has 2 amide bonds. The lowest BCUT2D eigenvalue weighted by molar-refractivity contribution is -0.805. The van der Waals surface area contributed by atoms with E-state index in [4.69, 9.17) is 0 Å². The van der Waals surface area contributed by atoms with Crippen molar-refractivity contribution in [1.29, 1.82) is 0 Å². The van der Waals surface area contributed by atoms with Gasteiger partial charge in [0, 0.05) is 23.9 Å². The summed E-state index contributed by atoms with van der Waals surface area (Å²) in [6.07, 6.45) is 15.5. The van der Waals surface area contributed by atoms with Gasteiger partial charge in [-0.15, -0.1) is 0 Å². The Balaban J connectivity index is 1.92. The van der Waals surface area contributed by atoms with E-state index in [0.717, 1.165) is 32.2 Å². The zero-order valence-electron chi connectivity index (χ0n) is 20.9. The van der Waals surface area contributed by atoms with Crippen molar-refractivity contribution in [3.8, 4) is 0 Å². The van der Waals surface area contributed by atoms with Gasteiger partial charge < -0.3 is 0 Å². The summed E-state index contributed by atoms with van der Waals surface area (Å²) in [5.41, 5.74) is -0.00279. The van der Waals surface area contributed by atoms with Gasteiger partial charge in [-0.1, -0.05) is 58.3 Å². The first-order chi connectivity index (χ1) is 14.1. The lowest BCUT2D eigenvalue weighted by Gasteiger charge is -2.55. The van der Waals surface area contributed by atoms with Crippen LogP contribution in [0.1, 0.15) is 125 Å². The Morgan fingerprint density at radius 1 is 0.767 bits per heavy atom. The molecule has 2 heterocycles. The smallest absolute Gasteiger partial charge is 0.296 e. The molecule has 30 heavy (non-hydrogen) atoms. The van der Waals surface area contributed by atoms with Gasteiger partial charge >= 0.3 is 11.8 Å². The predicted molar refractivity (Wildman–Crippen MR) is 125 cm³/mol. The molecule has 2 rings (SSSR count). The van der Waals surface area contributed by atoms with Crippen LogP contribution >= 0.6 is 0 Å². The molecule has 2 aliphatic heterocycles. The second kappa shape index (κ2) is 10.7. The Morgan fingerprint density at radius 2 is 1.17 bits per heavy atom. The van der Waals surface area contributed by atoms with Crippen molar-refractivity contribution in [3.05, 3.63) is 0 Å². The largest absolute Gasteiger partial charge is 0.322 e. The number of unbranched alkanes of at least 4 members (excludes halogenated alkanes) is 9. The molecule has 0 unspecified atom stereocenters. The van der Waals surface area contributed by atoms with Crippen molar-refractivity contribution < 1.29 is 14.1 Å². The zero-order valence-corrected chi connectivity index (χ0v) is 20.9. The minimum atomic E-state index is -0.00140. The van der Waals surface area contributed by atoms with Crippen molar-refractivity contribution >= 4 is 11.8 Å². The number of carbonyl (C=O) groups is 2. The third kappa shape index (κ3) is 5.73. The third-order valence-electron chi connectivity index (χ3n) is 8.22. The fraction of sp³-hybridized carbons (Fsp3) is 0.923. The molecule has 4 heteroatoms. The van der Waals surface area contributed by atoms with Crippen LogP contribution in [0.25, 0.3) is 0 Å². The van der Waals surface area contributed by atoms with E-state index >= 15 is 0 Å². The van der Waals surface area contributed by atoms with Crippen molar-refractivity contribution in [1.82, 2.24) is 4.90 Å². The first-order valence-electron chi connectivity index (χ1n) is 12.8. The highest BCUT2D eigenvalue weighted by molar-refractivity contribution is 5.92. The van der Waals surface area contributed by atoms with Crippen LogP contribution in [0.2, 0.25) is 0 Å². The lowest BCUT2D eigenvalue weighted by Crippen LogP contribution is -2.69. The van der Waals surface area contributed by atoms with Gasteiger partial charge in [-0.25, -0.2) is 9.59 Å². The van der Waals surface area contributed by atoms with Crippen LogP contribution in [-0.4, -0.2) is 51.9 Å². The molecule has 0 atom stereocenters. The van der Waals surface area contributed by atoms with Crippen molar-refractivity contribution in [3.63, 3.8) is 0 Å². The molecule has 174 valence electrons. The normalized spacial score (nSPS) is 23.9. The molecular weight excluding hydrogens is 372 g/mol. The van der Waals surface area contributed by atoms with Gasteiger partial charge in [-0.2, -0.15) is 4.48 Å². The Bertz CT molecular complexity index is 548. The molecule has 0 aliphatic carbocycles. The molecule has 0 bridgehead atoms. The highest BCUT2D eigenvalue weighted by atomic mass is 16.2. The molecule has 0 saturated carbocycles. The molecule has 2 aliphatic rings. The second-order valence-electron chi connectivity index (χ2n) is 11.3. The van der Waals surface area contributed by atoms with Crippen molar-refractivity contribution in [2.45, 2.75) is 142 Å². The summed E-state index contributed by atoms with van der Waals surface area (Å²) in [4.78, 5) is 28.7. The summed E-state index contributed by atoms with van der Waals surface area (Å²) >= 11 is 0. The van der Waals surface area contributed by atoms with Gasteiger partial charge in [0.25, 0.3) is 0 Å². The number of quaternary nitrogens is 1. The van der Waals surface area contributed by atoms with E-state index in [9.17, 15) is 9.59 Å². The van der Waals surface area contributed by atoms with E-state index in [1.165, 1.54) is 51.4 Å². The maximum Gasteiger partial charge on any atom is 0.322 e. The van der Waals surface area contributed by atoms with E-state index < -0.39 is 0 Å². The highest BCUT2D eigenvalue weighted by Gasteiger charge is 2.59. The Kier molecular flexibility index (Phi) is 9.12. The standard InChI is InChI=1S/C26H49N2O2/c1-7-8-9-10-11-12-13-14-15-16-19-28(23(29)17-18-24(28)30)22-20-25(2,3)27(6)26(4,5)21-22/h22H,7-21H2,1-6H3/q+1. The molecule has 0 aromatic rings. The topological polar surface area (TPSA) is 37.4 Å². The number of nitrogens with zero attached hydrogens (tertiary/aromatic N) is 2. The maximum absolute atomic E-state index is 13.1. The Morgan fingerprint density at radius 3 is 1.60 bits per heavy atom. The number of piperidine rings is 1. The second-order valence-corrected chi connectivity index (χ2v) is 11.3. The minimum Gasteiger partial charge on any atom is -0.296 e. The molecular formula is C26H49N2O2+. The summed E-state index contributed by atoms with van der Waals surface area (Å²) < 4.78 is 0.151. The molecule has 0 spiro atoms. The average molecular weight is 422 g/mol. The van der Waals surface area contributed by atoms with Crippen molar-refractivity contribution in [2.24, 2.45) is 0 Å². The SMILES string of the molecule is CCCCCCCCCCCC[N+]1(C2CC(C)(C)N(C)C(C)(C)C2)C(=O)CCC1=O. The van der Waals surface area contributed by atoms with E-state index in [1.54, 1.807) is 0 Å². The lowest BCUT2D eigenvalue weighted by atomic mass is 9.76. The summed E-state index contributed by atoms with van der Waals surface area (Å²) in [6, 6.07) is 0.132. The number of rotatable bonds is 12. The number of amides is 2. The van der Waals surface area contributed by atoms with Crippen LogP contribution in [0.4, 0.5) is 0 Å². The van der Waals surface area contributed by atoms with Gasteiger partial charge in [0.15, 0.2) is 0 Å². The average Bonchev–Trinajstić information content (AvgIpc) is 2.96. The van der Waals surface area contributed by atoms with Crippen LogP contribution in [0, 0.1) is 0 Å². The number of likely N-dealkylation sites (tertiary alicyclic amines) is 2. The fourth-order valence-corrected chi connectivity index (χ4v) is 6.07. The molecule has 2 saturated heterocycles. The van der Waals surface area contributed by atoms with Gasteiger partial charge in [-0.05, 0) is 47.6 Å². The highest BCUT2D eigenvalue weighted by Crippen LogP contribution is 2.43. The first-order valence-corrected chi connectivity index (χ1v) is 12.8. The van der Waals surface area contributed by atoms with Gasteiger partial charge in [0.2, 0.25) is 0 Å². The summed E-state index contributed by atoms with van der Waals surface area (Å²) in [6.45, 7) is 12.1. The monoisotopic (exact) mass is 421 g/mol. The summed E-state index contributed by atoms with van der Waals surface area (Å²) in [5.74, 6) is 0.383. The minimum absolute atomic E-state index is 0.00140. The van der Waals surface area contributed by atoms with Gasteiger partial charge in [0.05, 0.1) is 19.4 Å². The predicted octanol–water partition coefficient (Wildman–Crippen LogP) is 6.22. The van der Waals surface area contributed by atoms with Crippen LogP contribution in [0.5, 0.6) is 0 Å². The molecule has 2 fully saturated rings. The van der Waals surface area contributed by atoms with E-state index in [-0.39, 0.29) is 33.4 Å². The quantitative estimate of drug-likeness (QED) is 0.213. The zero-order chi connectivity index (χ0) is 22.4. The molecule has 0 N–H and O–H groups in total. The van der Waals surface area contributed by atoms with Crippen LogP contribution in [0.3, 0.4) is 0 Å². The summed E-state index contributed by atoms with van der Waals surface area (Å²) in [5, 5.41) is 0. The number of hydrogen-bond donors (Lipinski definition) is 0. The third-order valence-corrected chi connectivity index (χ3v) is 8.22.